The Morgan fingerprint density at radius 1 is 0.952 bits per heavy atom. The van der Waals surface area contributed by atoms with Gasteiger partial charge in [0.05, 0.1) is 29.3 Å². The highest BCUT2D eigenvalue weighted by molar-refractivity contribution is 5.86. The minimum absolute atomic E-state index is 0.0919. The zero-order valence-electron chi connectivity index (χ0n) is 36.1. The van der Waals surface area contributed by atoms with Crippen molar-refractivity contribution in [3.63, 3.8) is 0 Å². The molecule has 1 aromatic rings. The third-order valence-electron chi connectivity index (χ3n) is 20.9. The van der Waals surface area contributed by atoms with Crippen molar-refractivity contribution in [3.05, 3.63) is 70.8 Å². The van der Waals surface area contributed by atoms with Crippen LogP contribution in [0.3, 0.4) is 0 Å². The first kappa shape index (κ1) is 40.4. The van der Waals surface area contributed by atoms with Crippen molar-refractivity contribution in [2.75, 3.05) is 7.05 Å². The number of fused-ring (bicyclic) bond motifs is 5. The Hall–Kier alpha value is -3.10. The molecule has 330 valence electrons. The number of aliphatic hydroxyl groups excluding tert-OH is 2. The number of likely N-dealkylation sites (N-methyl/N-ethyl adjacent to an activating group) is 1. The number of hydrogen-bond acceptors (Lipinski definition) is 9. The van der Waals surface area contributed by atoms with Crippen molar-refractivity contribution < 1.29 is 39.9 Å². The first-order valence-corrected chi connectivity index (χ1v) is 24.4. The van der Waals surface area contributed by atoms with E-state index in [-0.39, 0.29) is 60.5 Å². The Kier molecular flexibility index (Phi) is 9.10. The monoisotopic (exact) mass is 843 g/mol. The fourth-order valence-corrected chi connectivity index (χ4v) is 18.9. The van der Waals surface area contributed by atoms with E-state index in [1.54, 1.807) is 6.08 Å². The van der Waals surface area contributed by atoms with Crippen molar-refractivity contribution in [2.24, 2.45) is 81.8 Å². The number of allylic oxidation sites excluding steroid dienone is 4. The van der Waals surface area contributed by atoms with E-state index in [0.717, 1.165) is 35.0 Å². The van der Waals surface area contributed by atoms with Gasteiger partial charge >= 0.3 is 5.97 Å². The third kappa shape index (κ3) is 4.93. The molecule has 1 spiro atoms. The lowest BCUT2D eigenvalue weighted by molar-refractivity contribution is -0.361. The lowest BCUT2D eigenvalue weighted by Gasteiger charge is -2.75. The van der Waals surface area contributed by atoms with Gasteiger partial charge in [0.25, 0.3) is 0 Å². The van der Waals surface area contributed by atoms with Gasteiger partial charge in [-0.3, -0.25) is 0 Å². The van der Waals surface area contributed by atoms with Gasteiger partial charge in [0.1, 0.15) is 18.0 Å². The number of esters is 1. The summed E-state index contributed by atoms with van der Waals surface area (Å²) in [6, 6.07) is 5.76. The van der Waals surface area contributed by atoms with E-state index in [4.69, 9.17) is 4.74 Å². The van der Waals surface area contributed by atoms with Crippen LogP contribution in [0.1, 0.15) is 107 Å². The summed E-state index contributed by atoms with van der Waals surface area (Å²) in [5.41, 5.74) is -3.69. The lowest BCUT2D eigenvalue weighted by atomic mass is 9.31. The molecule has 6 N–H and O–H groups in total. The van der Waals surface area contributed by atoms with Crippen LogP contribution >= 0.6 is 0 Å². The van der Waals surface area contributed by atoms with Gasteiger partial charge in [0.15, 0.2) is 0 Å². The molecule has 12 aliphatic rings. The van der Waals surface area contributed by atoms with Gasteiger partial charge in [-0.1, -0.05) is 74.0 Å². The molecule has 7 fully saturated rings. The van der Waals surface area contributed by atoms with Gasteiger partial charge in [0, 0.05) is 47.3 Å². The number of nitrogens with one attached hydrogen (secondary N) is 1. The second-order valence-corrected chi connectivity index (χ2v) is 22.5. The Morgan fingerprint density at radius 3 is 2.58 bits per heavy atom. The number of aldehydes is 1. The summed E-state index contributed by atoms with van der Waals surface area (Å²) >= 11 is 0. The van der Waals surface area contributed by atoms with Crippen LogP contribution in [0.15, 0.2) is 54.2 Å². The second-order valence-electron chi connectivity index (χ2n) is 22.5. The van der Waals surface area contributed by atoms with Crippen LogP contribution in [0, 0.1) is 93.7 Å². The topological polar surface area (TPSA) is 157 Å². The molecular formula is C53H65NO8. The average Bonchev–Trinajstić information content (AvgIpc) is 3.98. The molecule has 7 saturated carbocycles. The van der Waals surface area contributed by atoms with Gasteiger partial charge < -0.3 is 40.4 Å². The molecule has 0 aromatic heterocycles. The highest BCUT2D eigenvalue weighted by Gasteiger charge is 2.86. The molecule has 13 rings (SSSR count). The predicted octanol–water partition coefficient (Wildman–Crippen LogP) is 5.34. The van der Waals surface area contributed by atoms with Crippen molar-refractivity contribution in [2.45, 2.75) is 138 Å². The van der Waals surface area contributed by atoms with Crippen LogP contribution in [0.5, 0.6) is 0 Å². The van der Waals surface area contributed by atoms with E-state index in [9.17, 15) is 35.1 Å². The normalized spacial score (nSPS) is 51.6. The highest BCUT2D eigenvalue weighted by Crippen LogP contribution is 2.80. The Morgan fingerprint density at radius 2 is 1.79 bits per heavy atom. The maximum atomic E-state index is 14.6. The molecule has 1 aromatic carbocycles. The van der Waals surface area contributed by atoms with E-state index < -0.39 is 63.5 Å². The molecule has 0 saturated heterocycles. The summed E-state index contributed by atoms with van der Waals surface area (Å²) in [5.74, 6) is 5.02. The van der Waals surface area contributed by atoms with E-state index >= 15 is 0 Å². The summed E-state index contributed by atoms with van der Waals surface area (Å²) in [4.78, 5) is 28.2. The molecule has 19 atom stereocenters. The predicted molar refractivity (Wildman–Crippen MR) is 230 cm³/mol. The van der Waals surface area contributed by atoms with Gasteiger partial charge in [-0.2, -0.15) is 0 Å². The number of carbonyl (C=O) groups is 2. The van der Waals surface area contributed by atoms with Gasteiger partial charge in [-0.15, -0.1) is 0 Å². The number of hydrogen-bond donors (Lipinski definition) is 6. The maximum absolute atomic E-state index is 14.6. The van der Waals surface area contributed by atoms with Crippen LogP contribution in [0.4, 0.5) is 0 Å². The van der Waals surface area contributed by atoms with Crippen LogP contribution in [0.2, 0.25) is 0 Å². The maximum Gasteiger partial charge on any atom is 0.331 e. The van der Waals surface area contributed by atoms with E-state index in [0.29, 0.717) is 69.6 Å². The summed E-state index contributed by atoms with van der Waals surface area (Å²) in [5, 5.41) is 69.1. The number of rotatable bonds is 4. The van der Waals surface area contributed by atoms with Crippen LogP contribution in [-0.2, 0) is 27.4 Å². The van der Waals surface area contributed by atoms with Crippen molar-refractivity contribution in [1.82, 2.24) is 5.32 Å². The zero-order chi connectivity index (χ0) is 42.6. The Bertz CT molecular complexity index is 2220. The quantitative estimate of drug-likeness (QED) is 0.102. The molecule has 9 heteroatoms. The average molecular weight is 844 g/mol. The third-order valence-corrected chi connectivity index (χ3v) is 20.9. The molecule has 1 aliphatic heterocycles. The SMILES string of the molecule is CNC1Cc2c(cccc2CO)C#CCCC23CC4C=CC5CC(O)C6CC7C=CCC(C8CCCC8)C7CC7CC(O)(C4C5(C=O)C76O)C2(O)CC2CC1C1OC(=O)C=C1C23. The second kappa shape index (κ2) is 14.0. The van der Waals surface area contributed by atoms with Crippen LogP contribution in [0.25, 0.3) is 0 Å². The first-order valence-electron chi connectivity index (χ1n) is 24.4. The summed E-state index contributed by atoms with van der Waals surface area (Å²) in [6.45, 7) is -0.108. The molecule has 62 heavy (non-hydrogen) atoms. The van der Waals surface area contributed by atoms with E-state index in [2.05, 4.69) is 41.5 Å². The van der Waals surface area contributed by atoms with E-state index in [1.807, 2.05) is 25.2 Å². The fourth-order valence-electron chi connectivity index (χ4n) is 18.9. The van der Waals surface area contributed by atoms with Crippen molar-refractivity contribution in [1.29, 1.82) is 0 Å². The summed E-state index contributed by atoms with van der Waals surface area (Å²) < 4.78 is 6.32. The smallest absolute Gasteiger partial charge is 0.331 e. The lowest BCUT2D eigenvalue weighted by Crippen LogP contribution is -2.84. The van der Waals surface area contributed by atoms with E-state index in [1.165, 1.54) is 25.7 Å². The standard InChI is InChI=1S/C53H65NO8/c1-54-43-22-38-30(11-6-13-33(38)27-55)10-4-5-17-49-24-32-15-16-35-21-44(57)42-19-31-12-7-14-37(29-8-2-3-9-29)39(31)20-36-26-51(59,48(32)50(35,28-56)53(36,42)61)52(49,60)25-34-18-40(43)47-41(46(34)49)23-45(58)62-47/h6-7,11-13,15-16,23,28-29,31-32,34-37,39-40,42-44,46-48,54-55,57,59-61H,2-3,5,8-9,14,17-22,24-27H2,1H3. The minimum atomic E-state index is -1.75. The van der Waals surface area contributed by atoms with Crippen molar-refractivity contribution >= 4 is 12.3 Å². The number of aliphatic hydroxyl groups is 5. The molecule has 1 heterocycles. The van der Waals surface area contributed by atoms with Crippen molar-refractivity contribution in [3.8, 4) is 11.8 Å². The minimum Gasteiger partial charge on any atom is -0.454 e. The Labute approximate surface area is 365 Å². The zero-order valence-corrected chi connectivity index (χ0v) is 36.1. The highest BCUT2D eigenvalue weighted by atomic mass is 16.5. The Balaban J connectivity index is 1.05. The van der Waals surface area contributed by atoms with Gasteiger partial charge in [-0.25, -0.2) is 4.79 Å². The molecule has 11 aliphatic carbocycles. The molecular weight excluding hydrogens is 779 g/mol. The van der Waals surface area contributed by atoms with Gasteiger partial charge in [0.2, 0.25) is 0 Å². The molecule has 4 bridgehead atoms. The fraction of sp³-hybridized carbons (Fsp3) is 0.698. The van der Waals surface area contributed by atoms with Gasteiger partial charge in [-0.05, 0) is 147 Å². The number of carbonyl (C=O) groups excluding carboxylic acids is 2. The largest absolute Gasteiger partial charge is 0.454 e. The first-order chi connectivity index (χ1) is 30.0. The molecule has 19 unspecified atom stereocenters. The molecule has 0 amide bonds. The summed E-state index contributed by atoms with van der Waals surface area (Å²) in [6.07, 6.45) is 21.0. The van der Waals surface area contributed by atoms with Crippen LogP contribution in [-0.4, -0.2) is 79.9 Å². The number of benzene rings is 1. The summed E-state index contributed by atoms with van der Waals surface area (Å²) in [7, 11) is 1.94. The molecule has 0 radical (unpaired) electrons. The molecule has 9 nitrogen and oxygen atoms in total. The number of ether oxygens (including phenoxy) is 1. The van der Waals surface area contributed by atoms with Crippen LogP contribution < -0.4 is 5.32 Å².